The summed E-state index contributed by atoms with van der Waals surface area (Å²) in [6.45, 7) is 1.10. The first kappa shape index (κ1) is 44.3. The number of hydrogen-bond donors (Lipinski definition) is 3. The molecule has 0 radical (unpaired) electrons. The summed E-state index contributed by atoms with van der Waals surface area (Å²) in [7, 11) is -8.84. The number of esters is 1. The molecule has 7 atom stereocenters. The van der Waals surface area contributed by atoms with E-state index in [1.54, 1.807) is 60.7 Å². The molecule has 2 aromatic heterocycles. The van der Waals surface area contributed by atoms with Crippen molar-refractivity contribution in [2.45, 2.75) is 57.1 Å². The molecule has 0 bridgehead atoms. The van der Waals surface area contributed by atoms with E-state index in [4.69, 9.17) is 38.0 Å². The largest absolute Gasteiger partial charge is 0.460 e. The number of nitrogen functional groups attached to an aromatic ring is 1. The average Bonchev–Trinajstić information content (AvgIpc) is 3.90. The van der Waals surface area contributed by atoms with E-state index in [2.05, 4.69) is 25.1 Å². The van der Waals surface area contributed by atoms with Crippen molar-refractivity contribution in [1.82, 2.24) is 29.7 Å². The van der Waals surface area contributed by atoms with Crippen LogP contribution in [0.15, 0.2) is 134 Å². The minimum Gasteiger partial charge on any atom is -0.460 e. The summed E-state index contributed by atoms with van der Waals surface area (Å²) in [4.78, 5) is 38.2. The summed E-state index contributed by atoms with van der Waals surface area (Å²) in [5.74, 6) is -0.211. The maximum atomic E-state index is 14.9. The summed E-state index contributed by atoms with van der Waals surface area (Å²) in [5.41, 5.74) is 8.29. The van der Waals surface area contributed by atoms with Crippen molar-refractivity contribution < 1.29 is 51.0 Å². The van der Waals surface area contributed by atoms with Gasteiger partial charge in [0, 0.05) is 6.42 Å². The van der Waals surface area contributed by atoms with Crippen molar-refractivity contribution in [2.75, 3.05) is 18.9 Å². The Balaban J connectivity index is 1.12. The molecule has 0 amide bonds. The molecule has 6 aromatic rings. The maximum absolute atomic E-state index is 14.9. The molecule has 1 saturated heterocycles. The van der Waals surface area contributed by atoms with Crippen molar-refractivity contribution >= 4 is 44.7 Å². The van der Waals surface area contributed by atoms with Crippen LogP contribution in [0.5, 0.6) is 11.5 Å². The summed E-state index contributed by atoms with van der Waals surface area (Å²) in [6, 6.07) is 32.7. The van der Waals surface area contributed by atoms with Gasteiger partial charge in [-0.15, -0.1) is 0 Å². The van der Waals surface area contributed by atoms with Crippen molar-refractivity contribution in [3.05, 3.63) is 145 Å². The number of benzene rings is 4. The molecule has 1 fully saturated rings. The van der Waals surface area contributed by atoms with Gasteiger partial charge in [-0.25, -0.2) is 24.1 Å². The van der Waals surface area contributed by atoms with E-state index in [1.807, 2.05) is 60.7 Å². The molecule has 324 valence electrons. The molecule has 3 heterocycles. The molecule has 0 aliphatic carbocycles. The molecule has 1 aliphatic rings. The number of hydrogen-bond acceptors (Lipinski definition) is 15. The zero-order chi connectivity index (χ0) is 43.4. The number of para-hydroxylation sites is 2. The lowest BCUT2D eigenvalue weighted by molar-refractivity contribution is -0.146. The molecule has 4 aromatic carbocycles. The highest BCUT2D eigenvalue weighted by molar-refractivity contribution is 7.52. The predicted octanol–water partition coefficient (Wildman–Crippen LogP) is 6.57. The number of imidazole rings is 1. The molecule has 4 N–H and O–H groups in total. The molecule has 6 unspecified atom stereocenters. The maximum Gasteiger partial charge on any atom is 0.459 e. The van der Waals surface area contributed by atoms with Gasteiger partial charge in [0.1, 0.15) is 48.4 Å². The number of carbonyl (C=O) groups is 2. The fraction of sp³-hybridized carbons (Fsp3) is 0.262. The van der Waals surface area contributed by atoms with E-state index in [-0.39, 0.29) is 61.3 Å². The first-order valence-electron chi connectivity index (χ1n) is 19.5. The van der Waals surface area contributed by atoms with E-state index in [1.165, 1.54) is 24.1 Å². The fourth-order valence-electron chi connectivity index (χ4n) is 6.32. The van der Waals surface area contributed by atoms with E-state index in [0.717, 1.165) is 11.1 Å². The summed E-state index contributed by atoms with van der Waals surface area (Å²) in [6.07, 6.45) is 0.0267. The Bertz CT molecular complexity index is 2470. The number of nitrogens with zero attached hydrogens (tertiary/aromatic N) is 4. The van der Waals surface area contributed by atoms with Crippen molar-refractivity contribution in [3.8, 4) is 11.5 Å². The molecule has 62 heavy (non-hydrogen) atoms. The number of aromatic nitrogens is 4. The van der Waals surface area contributed by atoms with Crippen LogP contribution in [0, 0.1) is 0 Å². The summed E-state index contributed by atoms with van der Waals surface area (Å²) in [5, 5.41) is 5.43. The van der Waals surface area contributed by atoms with Crippen LogP contribution in [0.3, 0.4) is 0 Å². The quantitative estimate of drug-likeness (QED) is 0.0372. The van der Waals surface area contributed by atoms with Gasteiger partial charge in [-0.1, -0.05) is 97.1 Å². The number of rotatable bonds is 22. The van der Waals surface area contributed by atoms with Gasteiger partial charge in [0.2, 0.25) is 0 Å². The van der Waals surface area contributed by atoms with Gasteiger partial charge < -0.3 is 33.8 Å². The molecule has 1 aliphatic heterocycles. The molecular weight excluding hydrogens is 840 g/mol. The van der Waals surface area contributed by atoms with E-state index in [0.29, 0.717) is 6.29 Å². The van der Waals surface area contributed by atoms with Crippen LogP contribution < -0.4 is 25.0 Å². The van der Waals surface area contributed by atoms with E-state index < -0.39 is 52.0 Å². The third-order valence-electron chi connectivity index (χ3n) is 9.27. The number of carbonyl (C=O) groups excluding carboxylic acids is 2. The number of anilines is 1. The Morgan fingerprint density at radius 1 is 0.839 bits per heavy atom. The second kappa shape index (κ2) is 20.8. The molecule has 18 nitrogen and oxygen atoms in total. The Labute approximate surface area is 357 Å². The van der Waals surface area contributed by atoms with Gasteiger partial charge in [-0.2, -0.15) is 10.2 Å². The third kappa shape index (κ3) is 12.0. The zero-order valence-electron chi connectivity index (χ0n) is 33.5. The van der Waals surface area contributed by atoms with E-state index >= 15 is 0 Å². The molecule has 0 saturated carbocycles. The standard InChI is InChI=1S/C42H45N7O11P2/c1-30(42(51)55-25-32-16-8-3-9-17-32)47-61(52,58-34-18-10-4-11-19-34)56-27-36-22-37(41(57-36)49-29-46-38-39(43)44-28-45-40(38)49)60-62(53,59-35-20-12-5-13-21-35)48-33(23-50)26-54-24-31-14-6-2-7-15-31/h2-21,23,28-30,33,36-37,41H,22,24-27H2,1H3,(H,47,52)(H,48,53)(H2,43,44,45)/t30?,33?,36?,37?,41-,61?,62?/m1/s1. The fourth-order valence-corrected chi connectivity index (χ4v) is 9.48. The number of nitrogens with two attached hydrogens (primary N) is 1. The van der Waals surface area contributed by atoms with Crippen molar-refractivity contribution in [1.29, 1.82) is 0 Å². The first-order chi connectivity index (χ1) is 30.1. The summed E-state index contributed by atoms with van der Waals surface area (Å²) < 4.78 is 72.8. The predicted molar refractivity (Wildman–Crippen MR) is 226 cm³/mol. The van der Waals surface area contributed by atoms with Gasteiger partial charge in [-0.3, -0.25) is 18.4 Å². The second-order valence-electron chi connectivity index (χ2n) is 14.0. The average molecular weight is 886 g/mol. The highest BCUT2D eigenvalue weighted by Gasteiger charge is 2.46. The van der Waals surface area contributed by atoms with Crippen molar-refractivity contribution in [2.24, 2.45) is 0 Å². The minimum absolute atomic E-state index is 0.00437. The van der Waals surface area contributed by atoms with Gasteiger partial charge in [0.25, 0.3) is 0 Å². The molecule has 7 rings (SSSR count). The van der Waals surface area contributed by atoms with Gasteiger partial charge >= 0.3 is 21.5 Å². The van der Waals surface area contributed by atoms with Gasteiger partial charge in [0.05, 0.1) is 38.3 Å². The second-order valence-corrected chi connectivity index (χ2v) is 17.4. The van der Waals surface area contributed by atoms with Crippen LogP contribution in [0.1, 0.15) is 30.7 Å². The van der Waals surface area contributed by atoms with Crippen LogP contribution in [0.25, 0.3) is 11.2 Å². The third-order valence-corrected chi connectivity index (χ3v) is 12.6. The lowest BCUT2D eigenvalue weighted by atomic mass is 10.2. The van der Waals surface area contributed by atoms with Gasteiger partial charge in [0.15, 0.2) is 17.7 Å². The minimum atomic E-state index is -4.48. The lowest BCUT2D eigenvalue weighted by Gasteiger charge is -2.27. The van der Waals surface area contributed by atoms with Gasteiger partial charge in [-0.05, 0) is 42.3 Å². The first-order valence-corrected chi connectivity index (χ1v) is 22.6. The van der Waals surface area contributed by atoms with Crippen LogP contribution in [0.4, 0.5) is 5.82 Å². The number of nitrogens with one attached hydrogen (secondary N) is 2. The highest BCUT2D eigenvalue weighted by Crippen LogP contribution is 2.51. The number of aldehydes is 1. The van der Waals surface area contributed by atoms with Crippen LogP contribution in [-0.4, -0.2) is 69.3 Å². The van der Waals surface area contributed by atoms with Crippen LogP contribution >= 0.6 is 15.5 Å². The van der Waals surface area contributed by atoms with Crippen molar-refractivity contribution in [3.63, 3.8) is 0 Å². The zero-order valence-corrected chi connectivity index (χ0v) is 35.2. The highest BCUT2D eigenvalue weighted by atomic mass is 31.2. The Morgan fingerprint density at radius 3 is 2.06 bits per heavy atom. The Morgan fingerprint density at radius 2 is 1.44 bits per heavy atom. The normalized spacial score (nSPS) is 19.1. The van der Waals surface area contributed by atoms with Crippen LogP contribution in [-0.2, 0) is 55.2 Å². The molecule has 20 heteroatoms. The molecule has 0 spiro atoms. The number of fused-ring (bicyclic) bond motifs is 1. The topological polar surface area (TPSA) is 227 Å². The smallest absolute Gasteiger partial charge is 0.459 e. The number of ether oxygens (including phenoxy) is 3. The Kier molecular flexibility index (Phi) is 14.9. The summed E-state index contributed by atoms with van der Waals surface area (Å²) >= 11 is 0. The van der Waals surface area contributed by atoms with E-state index in [9.17, 15) is 18.7 Å². The SMILES string of the molecule is CC(NP(=O)(OCC1CC(OP(=O)(NC(C=O)COCc2ccccc2)Oc2ccccc2)[C@H](n2cnc3c(N)ncnc32)O1)Oc1ccccc1)C(=O)OCc1ccccc1. The Hall–Kier alpha value is -5.81. The lowest BCUT2D eigenvalue weighted by Crippen LogP contribution is -2.36. The molecular formula is C42H45N7O11P2. The van der Waals surface area contributed by atoms with Crippen LogP contribution in [0.2, 0.25) is 0 Å². The monoisotopic (exact) mass is 885 g/mol.